The molecule has 0 aromatic carbocycles. The topological polar surface area (TPSA) is 77.6 Å². The summed E-state index contributed by atoms with van der Waals surface area (Å²) >= 11 is 0. The van der Waals surface area contributed by atoms with Crippen molar-refractivity contribution >= 4 is 16.9 Å². The first kappa shape index (κ1) is 9.65. The molecule has 0 saturated heterocycles. The molecule has 17 heavy (non-hydrogen) atoms. The summed E-state index contributed by atoms with van der Waals surface area (Å²) in [5, 5.41) is 0. The first-order chi connectivity index (χ1) is 8.34. The molecule has 0 unspecified atom stereocenters. The van der Waals surface area contributed by atoms with Gasteiger partial charge < -0.3 is 5.73 Å². The van der Waals surface area contributed by atoms with Gasteiger partial charge in [0.25, 0.3) is 0 Å². The van der Waals surface area contributed by atoms with E-state index in [1.165, 1.54) is 0 Å². The third-order valence-electron chi connectivity index (χ3n) is 2.41. The zero-order chi connectivity index (χ0) is 11.7. The maximum Gasteiger partial charge on any atom is 0.180 e. The van der Waals surface area contributed by atoms with Crippen molar-refractivity contribution in [3.63, 3.8) is 0 Å². The molecule has 0 aliphatic rings. The summed E-state index contributed by atoms with van der Waals surface area (Å²) in [6, 6.07) is 7.34. The molecule has 2 N–H and O–H groups in total. The van der Waals surface area contributed by atoms with Crippen LogP contribution in [0.3, 0.4) is 0 Å². The Hall–Kier alpha value is -2.56. The quantitative estimate of drug-likeness (QED) is 0.679. The van der Waals surface area contributed by atoms with Gasteiger partial charge in [-0.15, -0.1) is 0 Å². The van der Waals surface area contributed by atoms with E-state index < -0.39 is 0 Å². The summed E-state index contributed by atoms with van der Waals surface area (Å²) in [6.45, 7) is 0. The van der Waals surface area contributed by atoms with Gasteiger partial charge in [-0.3, -0.25) is 4.98 Å². The standard InChI is InChI=1S/C12H9N5/c13-8-4-6-15-12-11(8)16-7-10(17-12)9-3-1-2-5-14-9/h1-7H,(H2,13,15,17). The van der Waals surface area contributed by atoms with Gasteiger partial charge in [-0.2, -0.15) is 0 Å². The first-order valence-corrected chi connectivity index (χ1v) is 5.13. The summed E-state index contributed by atoms with van der Waals surface area (Å²) in [7, 11) is 0. The van der Waals surface area contributed by atoms with Crippen LogP contribution in [0.4, 0.5) is 5.69 Å². The Morgan fingerprint density at radius 1 is 0.882 bits per heavy atom. The predicted octanol–water partition coefficient (Wildman–Crippen LogP) is 1.67. The number of nitrogen functional groups attached to an aromatic ring is 1. The molecule has 0 bridgehead atoms. The Bertz CT molecular complexity index is 666. The van der Waals surface area contributed by atoms with Crippen LogP contribution >= 0.6 is 0 Å². The summed E-state index contributed by atoms with van der Waals surface area (Å²) < 4.78 is 0. The molecule has 3 heterocycles. The normalized spacial score (nSPS) is 10.6. The van der Waals surface area contributed by atoms with Crippen LogP contribution in [0.1, 0.15) is 0 Å². The fourth-order valence-corrected chi connectivity index (χ4v) is 1.58. The number of nitrogens with two attached hydrogens (primary N) is 1. The summed E-state index contributed by atoms with van der Waals surface area (Å²) in [5.74, 6) is 0. The van der Waals surface area contributed by atoms with Crippen molar-refractivity contribution in [3.8, 4) is 11.4 Å². The van der Waals surface area contributed by atoms with Crippen LogP contribution in [0.2, 0.25) is 0 Å². The van der Waals surface area contributed by atoms with Crippen LogP contribution in [-0.2, 0) is 0 Å². The summed E-state index contributed by atoms with van der Waals surface area (Å²) in [6.07, 6.45) is 4.99. The lowest BCUT2D eigenvalue weighted by atomic mass is 10.2. The minimum atomic E-state index is 0.535. The molecular weight excluding hydrogens is 214 g/mol. The smallest absolute Gasteiger partial charge is 0.180 e. The molecule has 0 fully saturated rings. The van der Waals surface area contributed by atoms with Crippen LogP contribution in [0.15, 0.2) is 42.9 Å². The van der Waals surface area contributed by atoms with Crippen molar-refractivity contribution in [3.05, 3.63) is 42.9 Å². The van der Waals surface area contributed by atoms with E-state index >= 15 is 0 Å². The van der Waals surface area contributed by atoms with E-state index in [0.29, 0.717) is 22.5 Å². The molecule has 3 aromatic rings. The Kier molecular flexibility index (Phi) is 2.15. The molecule has 5 nitrogen and oxygen atoms in total. The minimum absolute atomic E-state index is 0.535. The average molecular weight is 223 g/mol. The number of hydrogen-bond acceptors (Lipinski definition) is 5. The molecule has 0 saturated carbocycles. The van der Waals surface area contributed by atoms with Gasteiger partial charge in [0.05, 0.1) is 17.6 Å². The van der Waals surface area contributed by atoms with Gasteiger partial charge in [-0.25, -0.2) is 15.0 Å². The molecule has 0 amide bonds. The lowest BCUT2D eigenvalue weighted by molar-refractivity contribution is 1.20. The highest BCUT2D eigenvalue weighted by molar-refractivity contribution is 5.84. The summed E-state index contributed by atoms with van der Waals surface area (Å²) in [4.78, 5) is 17.0. The molecule has 0 spiro atoms. The van der Waals surface area contributed by atoms with Gasteiger partial charge in [-0.1, -0.05) is 6.07 Å². The highest BCUT2D eigenvalue weighted by atomic mass is 14.9. The highest BCUT2D eigenvalue weighted by Gasteiger charge is 2.05. The predicted molar refractivity (Wildman–Crippen MR) is 65.0 cm³/mol. The molecule has 82 valence electrons. The third-order valence-corrected chi connectivity index (χ3v) is 2.41. The maximum absolute atomic E-state index is 5.79. The molecule has 3 aromatic heterocycles. The minimum Gasteiger partial charge on any atom is -0.397 e. The Balaban J connectivity index is 2.21. The van der Waals surface area contributed by atoms with Crippen molar-refractivity contribution in [2.24, 2.45) is 0 Å². The fraction of sp³-hybridized carbons (Fsp3) is 0. The van der Waals surface area contributed by atoms with E-state index in [2.05, 4.69) is 19.9 Å². The monoisotopic (exact) mass is 223 g/mol. The van der Waals surface area contributed by atoms with Gasteiger partial charge in [0.15, 0.2) is 5.65 Å². The van der Waals surface area contributed by atoms with Crippen molar-refractivity contribution in [2.45, 2.75) is 0 Å². The van der Waals surface area contributed by atoms with E-state index in [1.54, 1.807) is 24.7 Å². The number of rotatable bonds is 1. The van der Waals surface area contributed by atoms with Crippen molar-refractivity contribution in [1.29, 1.82) is 0 Å². The molecule has 0 atom stereocenters. The first-order valence-electron chi connectivity index (χ1n) is 5.13. The molecule has 0 aliphatic carbocycles. The number of hydrogen-bond donors (Lipinski definition) is 1. The van der Waals surface area contributed by atoms with E-state index in [9.17, 15) is 0 Å². The van der Waals surface area contributed by atoms with Gasteiger partial charge in [-0.05, 0) is 18.2 Å². The van der Waals surface area contributed by atoms with E-state index in [1.807, 2.05) is 18.2 Å². The molecule has 0 radical (unpaired) electrons. The number of anilines is 1. The second-order valence-corrected chi connectivity index (χ2v) is 3.54. The fourth-order valence-electron chi connectivity index (χ4n) is 1.58. The summed E-state index contributed by atoms with van der Waals surface area (Å²) in [5.41, 5.74) is 8.98. The number of aromatic nitrogens is 4. The molecular formula is C12H9N5. The third kappa shape index (κ3) is 1.67. The Morgan fingerprint density at radius 3 is 2.65 bits per heavy atom. The van der Waals surface area contributed by atoms with Crippen LogP contribution in [0.5, 0.6) is 0 Å². The van der Waals surface area contributed by atoms with E-state index in [4.69, 9.17) is 5.73 Å². The van der Waals surface area contributed by atoms with Crippen molar-refractivity contribution in [2.75, 3.05) is 5.73 Å². The Labute approximate surface area is 97.4 Å². The van der Waals surface area contributed by atoms with E-state index in [-0.39, 0.29) is 0 Å². The van der Waals surface area contributed by atoms with Crippen LogP contribution < -0.4 is 5.73 Å². The zero-order valence-corrected chi connectivity index (χ0v) is 8.91. The van der Waals surface area contributed by atoms with Crippen LogP contribution in [0.25, 0.3) is 22.6 Å². The van der Waals surface area contributed by atoms with Gasteiger partial charge in [0.2, 0.25) is 0 Å². The lowest BCUT2D eigenvalue weighted by Crippen LogP contribution is -1.96. The Morgan fingerprint density at radius 2 is 1.82 bits per heavy atom. The second kappa shape index (κ2) is 3.79. The zero-order valence-electron chi connectivity index (χ0n) is 8.91. The van der Waals surface area contributed by atoms with Crippen molar-refractivity contribution < 1.29 is 0 Å². The average Bonchev–Trinajstić information content (AvgIpc) is 2.40. The number of pyridine rings is 2. The van der Waals surface area contributed by atoms with Gasteiger partial charge >= 0.3 is 0 Å². The van der Waals surface area contributed by atoms with Crippen LogP contribution in [0, 0.1) is 0 Å². The second-order valence-electron chi connectivity index (χ2n) is 3.54. The number of nitrogens with zero attached hydrogens (tertiary/aromatic N) is 4. The maximum atomic E-state index is 5.79. The molecule has 5 heteroatoms. The number of fused-ring (bicyclic) bond motifs is 1. The molecule has 0 aliphatic heterocycles. The largest absolute Gasteiger partial charge is 0.397 e. The van der Waals surface area contributed by atoms with Gasteiger partial charge in [0, 0.05) is 12.4 Å². The van der Waals surface area contributed by atoms with E-state index in [0.717, 1.165) is 5.69 Å². The van der Waals surface area contributed by atoms with Crippen LogP contribution in [-0.4, -0.2) is 19.9 Å². The van der Waals surface area contributed by atoms with Gasteiger partial charge in [0.1, 0.15) is 11.2 Å². The highest BCUT2D eigenvalue weighted by Crippen LogP contribution is 2.18. The lowest BCUT2D eigenvalue weighted by Gasteiger charge is -2.02. The van der Waals surface area contributed by atoms with Crippen molar-refractivity contribution in [1.82, 2.24) is 19.9 Å². The SMILES string of the molecule is Nc1ccnc2nc(-c3ccccn3)cnc12. The molecule has 3 rings (SSSR count).